The van der Waals surface area contributed by atoms with E-state index in [0.717, 1.165) is 25.1 Å². The lowest BCUT2D eigenvalue weighted by molar-refractivity contribution is -0.108. The van der Waals surface area contributed by atoms with Crippen LogP contribution in [0.1, 0.15) is 33.1 Å². The summed E-state index contributed by atoms with van der Waals surface area (Å²) in [5, 5.41) is 0. The van der Waals surface area contributed by atoms with Crippen molar-refractivity contribution in [2.24, 2.45) is 11.8 Å². The molecule has 1 aliphatic rings. The average molecular weight is 449 g/mol. The summed E-state index contributed by atoms with van der Waals surface area (Å²) in [5.41, 5.74) is 0.615. The van der Waals surface area contributed by atoms with Crippen LogP contribution in [-0.4, -0.2) is 41.5 Å². The van der Waals surface area contributed by atoms with Gasteiger partial charge in [0.15, 0.2) is 5.75 Å². The van der Waals surface area contributed by atoms with Crippen LogP contribution >= 0.6 is 0 Å². The van der Waals surface area contributed by atoms with E-state index >= 15 is 0 Å². The second kappa shape index (κ2) is 10.5. The third-order valence-electron chi connectivity index (χ3n) is 5.66. The standard InChI is InChI=1S/C23H26F3N3O3/c1-15(2)13-19(29(14-30)18-5-3-17(24)4-6-18)16-8-11-28(12-9-16)23(31)32-20-7-10-27-22(26)21(20)25/h3-7,10,14-16,19H,8-9,11-13H2,1-2H3. The number of rotatable bonds is 7. The first kappa shape index (κ1) is 23.6. The fourth-order valence-corrected chi connectivity index (χ4v) is 4.07. The second-order valence-corrected chi connectivity index (χ2v) is 8.29. The first-order valence-corrected chi connectivity index (χ1v) is 10.6. The Hall–Kier alpha value is -3.10. The molecular formula is C23H26F3N3O3. The number of hydrogen-bond donors (Lipinski definition) is 0. The van der Waals surface area contributed by atoms with Gasteiger partial charge in [-0.05, 0) is 55.4 Å². The van der Waals surface area contributed by atoms with Gasteiger partial charge in [-0.15, -0.1) is 0 Å². The van der Waals surface area contributed by atoms with Crippen molar-refractivity contribution < 1.29 is 27.5 Å². The summed E-state index contributed by atoms with van der Waals surface area (Å²) in [6, 6.07) is 6.75. The lowest BCUT2D eigenvalue weighted by Gasteiger charge is -2.40. The van der Waals surface area contributed by atoms with E-state index in [0.29, 0.717) is 37.5 Å². The van der Waals surface area contributed by atoms with E-state index in [-0.39, 0.29) is 17.8 Å². The van der Waals surface area contributed by atoms with Crippen molar-refractivity contribution in [2.45, 2.75) is 39.2 Å². The molecule has 9 heteroatoms. The number of nitrogens with zero attached hydrogens (tertiary/aromatic N) is 3. The number of aromatic nitrogens is 1. The van der Waals surface area contributed by atoms with Crippen LogP contribution in [0.25, 0.3) is 0 Å². The Kier molecular flexibility index (Phi) is 7.71. The Balaban J connectivity index is 1.68. The van der Waals surface area contributed by atoms with Crippen molar-refractivity contribution in [3.63, 3.8) is 0 Å². The topological polar surface area (TPSA) is 62.7 Å². The fourth-order valence-electron chi connectivity index (χ4n) is 4.07. The van der Waals surface area contributed by atoms with Crippen LogP contribution in [0.15, 0.2) is 36.5 Å². The summed E-state index contributed by atoms with van der Waals surface area (Å²) in [6.45, 7) is 4.83. The first-order valence-electron chi connectivity index (χ1n) is 10.6. The molecule has 1 atom stereocenters. The minimum absolute atomic E-state index is 0.104. The van der Waals surface area contributed by atoms with Crippen molar-refractivity contribution in [3.05, 3.63) is 54.1 Å². The third-order valence-corrected chi connectivity index (χ3v) is 5.66. The van der Waals surface area contributed by atoms with Gasteiger partial charge < -0.3 is 14.5 Å². The van der Waals surface area contributed by atoms with Crippen molar-refractivity contribution in [1.82, 2.24) is 9.88 Å². The Bertz CT molecular complexity index is 932. The number of ether oxygens (including phenoxy) is 1. The lowest BCUT2D eigenvalue weighted by atomic mass is 9.84. The van der Waals surface area contributed by atoms with Gasteiger partial charge in [-0.25, -0.2) is 14.2 Å². The van der Waals surface area contributed by atoms with Crippen LogP contribution in [0, 0.1) is 29.4 Å². The van der Waals surface area contributed by atoms with Gasteiger partial charge in [-0.2, -0.15) is 8.78 Å². The van der Waals surface area contributed by atoms with E-state index in [1.54, 1.807) is 17.0 Å². The molecule has 32 heavy (non-hydrogen) atoms. The molecule has 0 N–H and O–H groups in total. The maximum Gasteiger partial charge on any atom is 0.415 e. The number of likely N-dealkylation sites (tertiary alicyclic amines) is 1. The number of piperidine rings is 1. The zero-order valence-electron chi connectivity index (χ0n) is 18.0. The molecule has 0 bridgehead atoms. The molecule has 6 nitrogen and oxygen atoms in total. The zero-order chi connectivity index (χ0) is 23.3. The Morgan fingerprint density at radius 1 is 1.19 bits per heavy atom. The highest BCUT2D eigenvalue weighted by Gasteiger charge is 2.33. The molecule has 3 rings (SSSR count). The van der Waals surface area contributed by atoms with Gasteiger partial charge in [0, 0.05) is 37.1 Å². The van der Waals surface area contributed by atoms with E-state index in [2.05, 4.69) is 18.8 Å². The molecule has 1 aromatic heterocycles. The first-order chi connectivity index (χ1) is 15.3. The number of amides is 2. The fraction of sp³-hybridized carbons (Fsp3) is 0.435. The summed E-state index contributed by atoms with van der Waals surface area (Å²) < 4.78 is 45.3. The SMILES string of the molecule is CC(C)CC(C1CCN(C(=O)Oc2ccnc(F)c2F)CC1)N(C=O)c1ccc(F)cc1. The average Bonchev–Trinajstić information content (AvgIpc) is 2.78. The maximum absolute atomic E-state index is 13.7. The Morgan fingerprint density at radius 3 is 2.44 bits per heavy atom. The molecule has 0 aliphatic carbocycles. The lowest BCUT2D eigenvalue weighted by Crippen LogP contribution is -2.48. The van der Waals surface area contributed by atoms with E-state index in [1.165, 1.54) is 17.0 Å². The third kappa shape index (κ3) is 5.57. The Labute approximate surface area is 185 Å². The highest BCUT2D eigenvalue weighted by molar-refractivity contribution is 5.76. The van der Waals surface area contributed by atoms with E-state index in [1.807, 2.05) is 0 Å². The predicted molar refractivity (Wildman–Crippen MR) is 113 cm³/mol. The van der Waals surface area contributed by atoms with Gasteiger partial charge in [0.1, 0.15) is 5.82 Å². The molecule has 2 aromatic rings. The number of hydrogen-bond acceptors (Lipinski definition) is 4. The van der Waals surface area contributed by atoms with Crippen LogP contribution in [0.3, 0.4) is 0 Å². The molecule has 0 spiro atoms. The van der Waals surface area contributed by atoms with Gasteiger partial charge in [0.25, 0.3) is 5.95 Å². The van der Waals surface area contributed by atoms with Gasteiger partial charge in [0.05, 0.1) is 0 Å². The van der Waals surface area contributed by atoms with Crippen LogP contribution < -0.4 is 9.64 Å². The van der Waals surface area contributed by atoms with Crippen LogP contribution in [0.4, 0.5) is 23.7 Å². The van der Waals surface area contributed by atoms with E-state index in [9.17, 15) is 22.8 Å². The molecule has 1 unspecified atom stereocenters. The monoisotopic (exact) mass is 449 g/mol. The van der Waals surface area contributed by atoms with Crippen molar-refractivity contribution >= 4 is 18.2 Å². The molecule has 2 heterocycles. The minimum Gasteiger partial charge on any atom is -0.407 e. The van der Waals surface area contributed by atoms with E-state index < -0.39 is 23.6 Å². The number of benzene rings is 1. The molecule has 1 aromatic carbocycles. The molecule has 1 saturated heterocycles. The number of carbonyl (C=O) groups is 2. The molecular weight excluding hydrogens is 423 g/mol. The number of anilines is 1. The zero-order valence-corrected chi connectivity index (χ0v) is 18.0. The highest BCUT2D eigenvalue weighted by atomic mass is 19.2. The minimum atomic E-state index is -1.33. The number of halogens is 3. The summed E-state index contributed by atoms with van der Waals surface area (Å²) in [7, 11) is 0. The Morgan fingerprint density at radius 2 is 1.84 bits per heavy atom. The summed E-state index contributed by atoms with van der Waals surface area (Å²) in [5.74, 6) is -3.11. The van der Waals surface area contributed by atoms with Crippen LogP contribution in [0.2, 0.25) is 0 Å². The predicted octanol–water partition coefficient (Wildman–Crippen LogP) is 4.79. The summed E-state index contributed by atoms with van der Waals surface area (Å²) >= 11 is 0. The quantitative estimate of drug-likeness (QED) is 0.451. The molecule has 1 aliphatic heterocycles. The molecule has 172 valence electrons. The smallest absolute Gasteiger partial charge is 0.407 e. The summed E-state index contributed by atoms with van der Waals surface area (Å²) in [6.07, 6.45) is 2.97. The normalized spacial score (nSPS) is 15.5. The molecule has 2 amide bonds. The summed E-state index contributed by atoms with van der Waals surface area (Å²) in [4.78, 5) is 30.6. The molecule has 0 radical (unpaired) electrons. The van der Waals surface area contributed by atoms with Gasteiger partial charge in [-0.1, -0.05) is 13.8 Å². The van der Waals surface area contributed by atoms with Crippen LogP contribution in [-0.2, 0) is 4.79 Å². The number of pyridine rings is 1. The largest absolute Gasteiger partial charge is 0.415 e. The van der Waals surface area contributed by atoms with Crippen molar-refractivity contribution in [1.29, 1.82) is 0 Å². The van der Waals surface area contributed by atoms with Gasteiger partial charge >= 0.3 is 6.09 Å². The van der Waals surface area contributed by atoms with Crippen LogP contribution in [0.5, 0.6) is 5.75 Å². The van der Waals surface area contributed by atoms with E-state index in [4.69, 9.17) is 4.74 Å². The number of carbonyl (C=O) groups excluding carboxylic acids is 2. The maximum atomic E-state index is 13.7. The van der Waals surface area contributed by atoms with Gasteiger partial charge in [-0.3, -0.25) is 4.79 Å². The molecule has 1 fully saturated rings. The van der Waals surface area contributed by atoms with Crippen molar-refractivity contribution in [2.75, 3.05) is 18.0 Å². The highest BCUT2D eigenvalue weighted by Crippen LogP contribution is 2.31. The van der Waals surface area contributed by atoms with Crippen molar-refractivity contribution in [3.8, 4) is 5.75 Å². The second-order valence-electron chi connectivity index (χ2n) is 8.29. The molecule has 0 saturated carbocycles. The van der Waals surface area contributed by atoms with Gasteiger partial charge in [0.2, 0.25) is 12.2 Å².